The van der Waals surface area contributed by atoms with Crippen LogP contribution in [-0.2, 0) is 0 Å². The minimum atomic E-state index is -0.489. The Kier molecular flexibility index (Phi) is 2.57. The van der Waals surface area contributed by atoms with Gasteiger partial charge >= 0.3 is 0 Å². The van der Waals surface area contributed by atoms with Crippen molar-refractivity contribution in [2.45, 2.75) is 0 Å². The molecule has 0 aliphatic rings. The summed E-state index contributed by atoms with van der Waals surface area (Å²) in [6.45, 7) is 6.17. The highest BCUT2D eigenvalue weighted by Crippen LogP contribution is 2.12. The fourth-order valence-electron chi connectivity index (χ4n) is 0.813. The lowest BCUT2D eigenvalue weighted by molar-refractivity contribution is 0.0904. The number of rotatable bonds is 2. The second-order valence-electron chi connectivity index (χ2n) is 2.24. The van der Waals surface area contributed by atoms with Gasteiger partial charge in [0.2, 0.25) is 0 Å². The molecule has 0 fully saturated rings. The molecule has 3 nitrogen and oxygen atoms in total. The van der Waals surface area contributed by atoms with Crippen molar-refractivity contribution in [3.63, 3.8) is 0 Å². The van der Waals surface area contributed by atoms with Crippen molar-refractivity contribution >= 4 is 11.5 Å². The first-order valence-corrected chi connectivity index (χ1v) is 3.39. The third kappa shape index (κ3) is 1.68. The SMILES string of the molecule is [C-]#[N+]c1ccc(C(=O)CO)cc1. The molecule has 0 aromatic heterocycles. The van der Waals surface area contributed by atoms with Crippen LogP contribution in [0, 0.1) is 6.57 Å². The zero-order valence-electron chi connectivity index (χ0n) is 6.32. The van der Waals surface area contributed by atoms with E-state index in [0.29, 0.717) is 11.3 Å². The van der Waals surface area contributed by atoms with Gasteiger partial charge in [0.1, 0.15) is 6.61 Å². The number of carbonyl (C=O) groups is 1. The Balaban J connectivity index is 2.94. The summed E-state index contributed by atoms with van der Waals surface area (Å²) in [5, 5.41) is 8.50. The Morgan fingerprint density at radius 1 is 1.42 bits per heavy atom. The summed E-state index contributed by atoms with van der Waals surface area (Å²) in [7, 11) is 0. The minimum absolute atomic E-state index is 0.327. The molecule has 12 heavy (non-hydrogen) atoms. The zero-order chi connectivity index (χ0) is 8.97. The first-order chi connectivity index (χ1) is 5.77. The number of aliphatic hydroxyl groups excluding tert-OH is 1. The van der Waals surface area contributed by atoms with Crippen LogP contribution in [0.3, 0.4) is 0 Å². The average Bonchev–Trinajstić information content (AvgIpc) is 2.17. The summed E-state index contributed by atoms with van der Waals surface area (Å²) < 4.78 is 0. The molecule has 1 rings (SSSR count). The van der Waals surface area contributed by atoms with E-state index in [2.05, 4.69) is 4.85 Å². The van der Waals surface area contributed by atoms with Gasteiger partial charge in [-0.1, -0.05) is 24.3 Å². The second-order valence-corrected chi connectivity index (χ2v) is 2.24. The van der Waals surface area contributed by atoms with E-state index in [4.69, 9.17) is 11.7 Å². The molecule has 3 heteroatoms. The summed E-state index contributed by atoms with van der Waals surface area (Å²) in [6, 6.07) is 6.17. The molecular formula is C9H7NO2. The molecule has 0 heterocycles. The van der Waals surface area contributed by atoms with Gasteiger partial charge in [-0.3, -0.25) is 4.79 Å². The van der Waals surface area contributed by atoms with E-state index >= 15 is 0 Å². The second kappa shape index (κ2) is 3.65. The lowest BCUT2D eigenvalue weighted by atomic mass is 10.1. The quantitative estimate of drug-likeness (QED) is 0.526. The summed E-state index contributed by atoms with van der Waals surface area (Å²) >= 11 is 0. The first kappa shape index (κ1) is 8.44. The van der Waals surface area contributed by atoms with E-state index in [9.17, 15) is 4.79 Å². The van der Waals surface area contributed by atoms with Crippen molar-refractivity contribution in [3.8, 4) is 0 Å². The zero-order valence-corrected chi connectivity index (χ0v) is 6.32. The van der Waals surface area contributed by atoms with E-state index in [1.165, 1.54) is 12.1 Å². The monoisotopic (exact) mass is 161 g/mol. The fourth-order valence-corrected chi connectivity index (χ4v) is 0.813. The number of hydrogen-bond donors (Lipinski definition) is 1. The molecule has 1 aromatic rings. The first-order valence-electron chi connectivity index (χ1n) is 3.39. The van der Waals surface area contributed by atoms with E-state index < -0.39 is 6.61 Å². The Bertz CT molecular complexity index is 321. The predicted octanol–water partition coefficient (Wildman–Crippen LogP) is 1.41. The summed E-state index contributed by atoms with van der Waals surface area (Å²) in [4.78, 5) is 14.1. The van der Waals surface area contributed by atoms with Gasteiger partial charge in [-0.05, 0) is 0 Å². The van der Waals surface area contributed by atoms with E-state index in [1.54, 1.807) is 12.1 Å². The van der Waals surface area contributed by atoms with Gasteiger partial charge in [-0.15, -0.1) is 0 Å². The Morgan fingerprint density at radius 2 is 2.00 bits per heavy atom. The van der Waals surface area contributed by atoms with Crippen LogP contribution < -0.4 is 0 Å². The van der Waals surface area contributed by atoms with Crippen LogP contribution in [0.15, 0.2) is 24.3 Å². The van der Waals surface area contributed by atoms with Crippen molar-refractivity contribution < 1.29 is 9.90 Å². The normalized spacial score (nSPS) is 9.00. The Labute approximate surface area is 70.1 Å². The van der Waals surface area contributed by atoms with Crippen molar-refractivity contribution in [2.24, 2.45) is 0 Å². The molecular weight excluding hydrogens is 154 g/mol. The molecule has 0 saturated carbocycles. The molecule has 0 bridgehead atoms. The Morgan fingerprint density at radius 3 is 2.42 bits per heavy atom. The van der Waals surface area contributed by atoms with Gasteiger partial charge < -0.3 is 5.11 Å². The summed E-state index contributed by atoms with van der Waals surface area (Å²) in [5.74, 6) is -0.327. The van der Waals surface area contributed by atoms with Crippen LogP contribution >= 0.6 is 0 Å². The van der Waals surface area contributed by atoms with Gasteiger partial charge in [-0.2, -0.15) is 0 Å². The number of hydrogen-bond acceptors (Lipinski definition) is 2. The van der Waals surface area contributed by atoms with Gasteiger partial charge in [0.05, 0.1) is 6.57 Å². The third-order valence-corrected chi connectivity index (χ3v) is 1.46. The molecule has 0 atom stereocenters. The summed E-state index contributed by atoms with van der Waals surface area (Å²) in [5.41, 5.74) is 0.925. The molecule has 0 aliphatic carbocycles. The number of carbonyl (C=O) groups excluding carboxylic acids is 1. The molecule has 0 unspecified atom stereocenters. The standard InChI is InChI=1S/C9H7NO2/c1-10-8-4-2-7(3-5-8)9(12)6-11/h2-5,11H,6H2. The van der Waals surface area contributed by atoms with Gasteiger partial charge in [0.25, 0.3) is 0 Å². The highest BCUT2D eigenvalue weighted by molar-refractivity contribution is 5.97. The maximum absolute atomic E-state index is 10.9. The largest absolute Gasteiger partial charge is 0.388 e. The molecule has 60 valence electrons. The number of ketones is 1. The highest BCUT2D eigenvalue weighted by Gasteiger charge is 2.02. The number of benzene rings is 1. The van der Waals surface area contributed by atoms with Crippen molar-refractivity contribution in [3.05, 3.63) is 41.2 Å². The van der Waals surface area contributed by atoms with E-state index in [-0.39, 0.29) is 5.78 Å². The van der Waals surface area contributed by atoms with Crippen LogP contribution in [0.25, 0.3) is 4.85 Å². The molecule has 0 amide bonds. The topological polar surface area (TPSA) is 41.7 Å². The van der Waals surface area contributed by atoms with E-state index in [0.717, 1.165) is 0 Å². The number of nitrogens with zero attached hydrogens (tertiary/aromatic N) is 1. The highest BCUT2D eigenvalue weighted by atomic mass is 16.3. The third-order valence-electron chi connectivity index (χ3n) is 1.46. The van der Waals surface area contributed by atoms with Gasteiger partial charge in [0, 0.05) is 5.56 Å². The van der Waals surface area contributed by atoms with Gasteiger partial charge in [-0.25, -0.2) is 4.85 Å². The molecule has 0 aliphatic heterocycles. The van der Waals surface area contributed by atoms with Crippen LogP contribution in [0.4, 0.5) is 5.69 Å². The molecule has 1 aromatic carbocycles. The van der Waals surface area contributed by atoms with Crippen molar-refractivity contribution in [2.75, 3.05) is 6.61 Å². The van der Waals surface area contributed by atoms with Crippen LogP contribution in [0.5, 0.6) is 0 Å². The van der Waals surface area contributed by atoms with Crippen molar-refractivity contribution in [1.29, 1.82) is 0 Å². The maximum Gasteiger partial charge on any atom is 0.188 e. The fraction of sp³-hybridized carbons (Fsp3) is 0.111. The molecule has 0 spiro atoms. The van der Waals surface area contributed by atoms with Crippen LogP contribution in [0.2, 0.25) is 0 Å². The smallest absolute Gasteiger partial charge is 0.188 e. The summed E-state index contributed by atoms with van der Waals surface area (Å²) in [6.07, 6.45) is 0. The van der Waals surface area contributed by atoms with E-state index in [1.807, 2.05) is 0 Å². The van der Waals surface area contributed by atoms with Crippen LogP contribution in [-0.4, -0.2) is 17.5 Å². The molecule has 1 N–H and O–H groups in total. The number of Topliss-reactive ketones (excluding diaryl/α,β-unsaturated/α-hetero) is 1. The van der Waals surface area contributed by atoms with Gasteiger partial charge in [0.15, 0.2) is 11.5 Å². The maximum atomic E-state index is 10.9. The van der Waals surface area contributed by atoms with Crippen molar-refractivity contribution in [1.82, 2.24) is 0 Å². The lowest BCUT2D eigenvalue weighted by Crippen LogP contribution is -2.03. The number of aliphatic hydroxyl groups is 1. The average molecular weight is 161 g/mol. The minimum Gasteiger partial charge on any atom is -0.388 e. The molecule has 0 saturated heterocycles. The predicted molar refractivity (Wildman–Crippen MR) is 44.1 cm³/mol. The van der Waals surface area contributed by atoms with Crippen LogP contribution in [0.1, 0.15) is 10.4 Å². The molecule has 0 radical (unpaired) electrons. The lowest BCUT2D eigenvalue weighted by Gasteiger charge is -1.95. The Hall–Kier alpha value is -1.66.